The second kappa shape index (κ2) is 14.7. The number of fused-ring (bicyclic) bond motifs is 1. The number of anilines is 1. The molecule has 3 N–H and O–H groups in total. The third kappa shape index (κ3) is 8.75. The molecule has 2 heterocycles. The summed E-state index contributed by atoms with van der Waals surface area (Å²) in [5, 5.41) is 15.9. The standard InChI is InChI=1S/C39H44N4O8/c1-38(2,3)33(42-37(48)51-39(4,5)6)35(45)43-22-25(20-31(43)34(44)41-28-16-12-11-15-27(28)36(46)47)50-32-21-29(23-13-9-8-10-14-23)40-30-19-24(49-7)17-18-26(30)32/h8-19,21,25,31,33H,20,22H2,1-7H3,(H,41,44)(H,42,48)(H,46,47)/t25-,31+,33-/m1/s1. The number of carbonyl (C=O) groups is 4. The van der Waals surface area contributed by atoms with Gasteiger partial charge in [-0.05, 0) is 50.5 Å². The molecule has 4 aromatic rings. The van der Waals surface area contributed by atoms with Gasteiger partial charge in [-0.25, -0.2) is 14.6 Å². The van der Waals surface area contributed by atoms with E-state index in [-0.39, 0.29) is 24.2 Å². The van der Waals surface area contributed by atoms with Crippen LogP contribution in [0.5, 0.6) is 11.5 Å². The average Bonchev–Trinajstić information content (AvgIpc) is 3.50. The van der Waals surface area contributed by atoms with Gasteiger partial charge in [-0.1, -0.05) is 63.2 Å². The number of para-hydroxylation sites is 1. The molecule has 0 saturated carbocycles. The minimum Gasteiger partial charge on any atom is -0.497 e. The first-order chi connectivity index (χ1) is 24.0. The van der Waals surface area contributed by atoms with Crippen LogP contribution in [0.4, 0.5) is 10.5 Å². The van der Waals surface area contributed by atoms with Crippen molar-refractivity contribution in [3.63, 3.8) is 0 Å². The molecule has 3 amide bonds. The Morgan fingerprint density at radius 1 is 0.922 bits per heavy atom. The fourth-order valence-electron chi connectivity index (χ4n) is 5.95. The molecule has 0 aliphatic carbocycles. The maximum atomic E-state index is 14.5. The largest absolute Gasteiger partial charge is 0.497 e. The Labute approximate surface area is 297 Å². The fraction of sp³-hybridized carbons (Fsp3) is 0.359. The van der Waals surface area contributed by atoms with Gasteiger partial charge in [0.05, 0.1) is 36.1 Å². The number of likely N-dealkylation sites (tertiary alicyclic amines) is 1. The molecule has 12 heteroatoms. The summed E-state index contributed by atoms with van der Waals surface area (Å²) in [6, 6.07) is 20.8. The summed E-state index contributed by atoms with van der Waals surface area (Å²) >= 11 is 0. The maximum Gasteiger partial charge on any atom is 0.408 e. The first kappa shape index (κ1) is 36.6. The number of pyridine rings is 1. The third-order valence-corrected chi connectivity index (χ3v) is 8.38. The fourth-order valence-corrected chi connectivity index (χ4v) is 5.95. The number of ether oxygens (including phenoxy) is 3. The van der Waals surface area contributed by atoms with Crippen molar-refractivity contribution >= 4 is 40.5 Å². The molecule has 0 spiro atoms. The Morgan fingerprint density at radius 3 is 2.25 bits per heavy atom. The molecular formula is C39H44N4O8. The van der Waals surface area contributed by atoms with Crippen LogP contribution >= 0.6 is 0 Å². The number of aromatic nitrogens is 1. The van der Waals surface area contributed by atoms with E-state index < -0.39 is 53.1 Å². The van der Waals surface area contributed by atoms with Crippen molar-refractivity contribution in [1.82, 2.24) is 15.2 Å². The van der Waals surface area contributed by atoms with Gasteiger partial charge in [0.15, 0.2) is 0 Å². The van der Waals surface area contributed by atoms with Crippen molar-refractivity contribution in [2.45, 2.75) is 71.8 Å². The number of amides is 3. The number of nitrogens with one attached hydrogen (secondary N) is 2. The first-order valence-corrected chi connectivity index (χ1v) is 16.7. The van der Waals surface area contributed by atoms with Crippen LogP contribution in [0.3, 0.4) is 0 Å². The van der Waals surface area contributed by atoms with Gasteiger partial charge in [0.25, 0.3) is 0 Å². The zero-order chi connectivity index (χ0) is 37.1. The van der Waals surface area contributed by atoms with Crippen LogP contribution in [-0.2, 0) is 14.3 Å². The van der Waals surface area contributed by atoms with Crippen molar-refractivity contribution in [3.05, 3.63) is 84.4 Å². The molecule has 1 aliphatic heterocycles. The smallest absolute Gasteiger partial charge is 0.408 e. The molecule has 0 unspecified atom stereocenters. The Balaban J connectivity index is 1.52. The number of hydrogen-bond acceptors (Lipinski definition) is 8. The summed E-state index contributed by atoms with van der Waals surface area (Å²) < 4.78 is 17.6. The highest BCUT2D eigenvalue weighted by Gasteiger charge is 2.46. The molecule has 268 valence electrons. The Hall–Kier alpha value is -5.65. The molecule has 0 bridgehead atoms. The number of carboxylic acid groups (broad SMARTS) is 1. The van der Waals surface area contributed by atoms with Crippen LogP contribution in [-0.4, -0.2) is 76.3 Å². The van der Waals surface area contributed by atoms with E-state index in [1.807, 2.05) is 48.5 Å². The minimum absolute atomic E-state index is 0.000711. The second-order valence-electron chi connectivity index (χ2n) is 14.5. The van der Waals surface area contributed by atoms with Gasteiger partial charge in [0, 0.05) is 29.5 Å². The van der Waals surface area contributed by atoms with E-state index in [0.717, 1.165) is 5.56 Å². The van der Waals surface area contributed by atoms with Crippen LogP contribution in [0.1, 0.15) is 58.3 Å². The van der Waals surface area contributed by atoms with Crippen molar-refractivity contribution in [1.29, 1.82) is 0 Å². The number of aromatic carboxylic acids is 1. The van der Waals surface area contributed by atoms with Crippen molar-refractivity contribution < 1.29 is 38.5 Å². The van der Waals surface area contributed by atoms with E-state index in [0.29, 0.717) is 28.1 Å². The summed E-state index contributed by atoms with van der Waals surface area (Å²) in [7, 11) is 1.58. The number of rotatable bonds is 9. The zero-order valence-corrected chi connectivity index (χ0v) is 29.9. The Kier molecular flexibility index (Phi) is 10.5. The zero-order valence-electron chi connectivity index (χ0n) is 29.9. The van der Waals surface area contributed by atoms with E-state index in [1.165, 1.54) is 17.0 Å². The minimum atomic E-state index is -1.21. The van der Waals surface area contributed by atoms with Crippen LogP contribution in [0.25, 0.3) is 22.2 Å². The number of alkyl carbamates (subject to hydrolysis) is 1. The monoisotopic (exact) mass is 696 g/mol. The molecular weight excluding hydrogens is 652 g/mol. The third-order valence-electron chi connectivity index (χ3n) is 8.38. The molecule has 1 saturated heterocycles. The molecule has 3 atom stereocenters. The highest BCUT2D eigenvalue weighted by molar-refractivity contribution is 6.03. The number of hydrogen-bond donors (Lipinski definition) is 3. The molecule has 51 heavy (non-hydrogen) atoms. The van der Waals surface area contributed by atoms with E-state index in [9.17, 15) is 24.3 Å². The first-order valence-electron chi connectivity index (χ1n) is 16.7. The molecule has 5 rings (SSSR count). The lowest BCUT2D eigenvalue weighted by Crippen LogP contribution is -2.57. The highest BCUT2D eigenvalue weighted by atomic mass is 16.6. The number of carbonyl (C=O) groups excluding carboxylic acids is 3. The van der Waals surface area contributed by atoms with Crippen molar-refractivity contribution in [2.75, 3.05) is 19.0 Å². The predicted octanol–water partition coefficient (Wildman–Crippen LogP) is 6.54. The molecule has 1 fully saturated rings. The average molecular weight is 697 g/mol. The van der Waals surface area contributed by atoms with Crippen molar-refractivity contribution in [2.24, 2.45) is 5.41 Å². The number of methoxy groups -OCH3 is 1. The number of carboxylic acids is 1. The molecule has 12 nitrogen and oxygen atoms in total. The summed E-state index contributed by atoms with van der Waals surface area (Å²) in [6.07, 6.45) is -1.36. The van der Waals surface area contributed by atoms with Crippen LogP contribution in [0.2, 0.25) is 0 Å². The van der Waals surface area contributed by atoms with Gasteiger partial charge >= 0.3 is 12.1 Å². The van der Waals surface area contributed by atoms with E-state index in [4.69, 9.17) is 19.2 Å². The lowest BCUT2D eigenvalue weighted by Gasteiger charge is -2.35. The van der Waals surface area contributed by atoms with Gasteiger partial charge in [0.1, 0.15) is 35.3 Å². The van der Waals surface area contributed by atoms with E-state index in [1.54, 1.807) is 66.9 Å². The van der Waals surface area contributed by atoms with Crippen LogP contribution < -0.4 is 20.1 Å². The Bertz CT molecular complexity index is 1930. The highest BCUT2D eigenvalue weighted by Crippen LogP contribution is 2.35. The lowest BCUT2D eigenvalue weighted by atomic mass is 9.85. The van der Waals surface area contributed by atoms with Gasteiger partial charge < -0.3 is 34.9 Å². The SMILES string of the molecule is COc1ccc2c(O[C@@H]3C[C@@H](C(=O)Nc4ccccc4C(=O)O)N(C(=O)[C@@H](NC(=O)OC(C)(C)C)C(C)(C)C)C3)cc(-c3ccccc3)nc2c1. The van der Waals surface area contributed by atoms with Crippen LogP contribution in [0, 0.1) is 5.41 Å². The quantitative estimate of drug-likeness (QED) is 0.177. The second-order valence-corrected chi connectivity index (χ2v) is 14.5. The van der Waals surface area contributed by atoms with Gasteiger partial charge in [0.2, 0.25) is 11.8 Å². The summed E-state index contributed by atoms with van der Waals surface area (Å²) in [5.41, 5.74) is 0.559. The molecule has 1 aliphatic rings. The molecule has 0 radical (unpaired) electrons. The topological polar surface area (TPSA) is 156 Å². The van der Waals surface area contributed by atoms with E-state index in [2.05, 4.69) is 10.6 Å². The normalized spacial score (nSPS) is 16.6. The molecule has 1 aromatic heterocycles. The number of benzene rings is 3. The predicted molar refractivity (Wildman–Crippen MR) is 193 cm³/mol. The maximum absolute atomic E-state index is 14.5. The van der Waals surface area contributed by atoms with Gasteiger partial charge in [-0.3, -0.25) is 9.59 Å². The van der Waals surface area contributed by atoms with Gasteiger partial charge in [-0.15, -0.1) is 0 Å². The Morgan fingerprint density at radius 2 is 1.61 bits per heavy atom. The lowest BCUT2D eigenvalue weighted by molar-refractivity contribution is -0.140. The van der Waals surface area contributed by atoms with E-state index >= 15 is 0 Å². The molecule has 3 aromatic carbocycles. The van der Waals surface area contributed by atoms with Crippen LogP contribution in [0.15, 0.2) is 78.9 Å². The summed E-state index contributed by atoms with van der Waals surface area (Å²) in [5.74, 6) is -1.21. The van der Waals surface area contributed by atoms with Crippen molar-refractivity contribution in [3.8, 4) is 22.8 Å². The number of nitrogens with zero attached hydrogens (tertiary/aromatic N) is 2. The van der Waals surface area contributed by atoms with Gasteiger partial charge in [-0.2, -0.15) is 0 Å². The summed E-state index contributed by atoms with van der Waals surface area (Å²) in [6.45, 7) is 10.6. The summed E-state index contributed by atoms with van der Waals surface area (Å²) in [4.78, 5) is 59.6.